The van der Waals surface area contributed by atoms with Gasteiger partial charge in [-0.05, 0) is 18.4 Å². The van der Waals surface area contributed by atoms with Gasteiger partial charge >= 0.3 is 0 Å². The van der Waals surface area contributed by atoms with Crippen molar-refractivity contribution in [2.45, 2.75) is 40.0 Å². The van der Waals surface area contributed by atoms with Crippen molar-refractivity contribution < 1.29 is 9.32 Å². The van der Waals surface area contributed by atoms with Crippen LogP contribution < -0.4 is 0 Å². The second kappa shape index (κ2) is 6.46. The van der Waals surface area contributed by atoms with E-state index >= 15 is 0 Å². The van der Waals surface area contributed by atoms with Gasteiger partial charge in [0.15, 0.2) is 5.82 Å². The zero-order chi connectivity index (χ0) is 14.5. The van der Waals surface area contributed by atoms with E-state index in [4.69, 9.17) is 4.52 Å². The Bertz CT molecular complexity index is 588. The first-order valence-electron chi connectivity index (χ1n) is 6.91. The van der Waals surface area contributed by atoms with E-state index in [1.54, 1.807) is 0 Å². The van der Waals surface area contributed by atoms with E-state index in [2.05, 4.69) is 29.2 Å². The highest BCUT2D eigenvalue weighted by Gasteiger charge is 2.12. The van der Waals surface area contributed by atoms with E-state index in [0.29, 0.717) is 30.5 Å². The summed E-state index contributed by atoms with van der Waals surface area (Å²) in [5.41, 5.74) is 2.35. The summed E-state index contributed by atoms with van der Waals surface area (Å²) in [5.74, 6) is 1.55. The van der Waals surface area contributed by atoms with Crippen molar-refractivity contribution in [2.24, 2.45) is 5.92 Å². The normalized spacial score (nSPS) is 11.0. The maximum atomic E-state index is 11.7. The molecule has 4 nitrogen and oxygen atoms in total. The summed E-state index contributed by atoms with van der Waals surface area (Å²) in [5, 5.41) is 3.94. The molecule has 1 heterocycles. The van der Waals surface area contributed by atoms with Crippen LogP contribution in [0.15, 0.2) is 28.8 Å². The molecule has 4 heteroatoms. The molecule has 0 N–H and O–H groups in total. The molecule has 20 heavy (non-hydrogen) atoms. The van der Waals surface area contributed by atoms with Gasteiger partial charge in [0.25, 0.3) is 0 Å². The van der Waals surface area contributed by atoms with Crippen LogP contribution in [0.5, 0.6) is 0 Å². The Labute approximate surface area is 119 Å². The van der Waals surface area contributed by atoms with Crippen molar-refractivity contribution >= 4 is 5.78 Å². The molecular formula is C16H20N2O2. The minimum absolute atomic E-state index is 0.144. The number of ketones is 1. The van der Waals surface area contributed by atoms with Crippen LogP contribution >= 0.6 is 0 Å². The Hall–Kier alpha value is -1.97. The van der Waals surface area contributed by atoms with Crippen LogP contribution in [-0.4, -0.2) is 15.9 Å². The van der Waals surface area contributed by atoms with E-state index in [0.717, 1.165) is 5.56 Å². The van der Waals surface area contributed by atoms with E-state index in [1.807, 2.05) is 26.0 Å². The molecule has 0 bridgehead atoms. The Morgan fingerprint density at radius 2 is 2.15 bits per heavy atom. The third-order valence-electron chi connectivity index (χ3n) is 2.94. The zero-order valence-electron chi connectivity index (χ0n) is 12.2. The summed E-state index contributed by atoms with van der Waals surface area (Å²) < 4.78 is 5.14. The number of benzene rings is 1. The lowest BCUT2D eigenvalue weighted by atomic mass is 10.1. The van der Waals surface area contributed by atoms with Crippen molar-refractivity contribution in [3.8, 4) is 0 Å². The highest BCUT2D eigenvalue weighted by molar-refractivity contribution is 5.80. The van der Waals surface area contributed by atoms with Crippen LogP contribution in [0, 0.1) is 12.8 Å². The molecule has 0 saturated heterocycles. The van der Waals surface area contributed by atoms with Gasteiger partial charge in [-0.3, -0.25) is 4.79 Å². The Kier molecular flexibility index (Phi) is 4.66. The molecule has 2 rings (SSSR count). The van der Waals surface area contributed by atoms with Crippen LogP contribution in [0.3, 0.4) is 0 Å². The third-order valence-corrected chi connectivity index (χ3v) is 2.94. The Morgan fingerprint density at radius 3 is 2.85 bits per heavy atom. The fourth-order valence-corrected chi connectivity index (χ4v) is 2.13. The first-order valence-corrected chi connectivity index (χ1v) is 6.91. The molecule has 0 aliphatic rings. The fourth-order valence-electron chi connectivity index (χ4n) is 2.13. The number of aryl methyl sites for hydroxylation is 1. The average molecular weight is 272 g/mol. The minimum atomic E-state index is 0.144. The number of carbonyl (C=O) groups excluding carboxylic acids is 1. The SMILES string of the molecule is Cc1cccc(Cc2noc(CC(=O)CC(C)C)n2)c1. The average Bonchev–Trinajstić information content (AvgIpc) is 2.75. The van der Waals surface area contributed by atoms with Gasteiger partial charge in [-0.2, -0.15) is 4.98 Å². The lowest BCUT2D eigenvalue weighted by Crippen LogP contribution is -2.06. The Morgan fingerprint density at radius 1 is 1.35 bits per heavy atom. The van der Waals surface area contributed by atoms with Crippen molar-refractivity contribution in [1.29, 1.82) is 0 Å². The predicted octanol–water partition coefficient (Wildman–Crippen LogP) is 3.13. The molecule has 0 unspecified atom stereocenters. The molecule has 0 radical (unpaired) electrons. The number of hydrogen-bond donors (Lipinski definition) is 0. The van der Waals surface area contributed by atoms with Gasteiger partial charge in [0.2, 0.25) is 5.89 Å². The van der Waals surface area contributed by atoms with Crippen molar-refractivity contribution in [3.05, 3.63) is 47.1 Å². The molecule has 106 valence electrons. The maximum Gasteiger partial charge on any atom is 0.234 e. The van der Waals surface area contributed by atoms with Gasteiger partial charge in [0.1, 0.15) is 5.78 Å². The second-order valence-electron chi connectivity index (χ2n) is 5.58. The van der Waals surface area contributed by atoms with Gasteiger partial charge in [-0.15, -0.1) is 0 Å². The summed E-state index contributed by atoms with van der Waals surface area (Å²) in [6.07, 6.45) is 1.41. The minimum Gasteiger partial charge on any atom is -0.339 e. The molecular weight excluding hydrogens is 252 g/mol. The lowest BCUT2D eigenvalue weighted by Gasteiger charge is -2.00. The highest BCUT2D eigenvalue weighted by atomic mass is 16.5. The lowest BCUT2D eigenvalue weighted by molar-refractivity contribution is -0.119. The second-order valence-corrected chi connectivity index (χ2v) is 5.58. The van der Waals surface area contributed by atoms with Gasteiger partial charge < -0.3 is 4.52 Å². The van der Waals surface area contributed by atoms with E-state index in [-0.39, 0.29) is 12.2 Å². The molecule has 1 aromatic carbocycles. The number of Topliss-reactive ketones (excluding diaryl/α,β-unsaturated/α-hetero) is 1. The fraction of sp³-hybridized carbons (Fsp3) is 0.438. The van der Waals surface area contributed by atoms with E-state index < -0.39 is 0 Å². The van der Waals surface area contributed by atoms with E-state index in [1.165, 1.54) is 5.56 Å². The summed E-state index contributed by atoms with van der Waals surface area (Å²) in [7, 11) is 0. The van der Waals surface area contributed by atoms with Crippen molar-refractivity contribution in [3.63, 3.8) is 0 Å². The quantitative estimate of drug-likeness (QED) is 0.810. The molecule has 1 aromatic heterocycles. The molecule has 0 fully saturated rings. The molecule has 0 saturated carbocycles. The highest BCUT2D eigenvalue weighted by Crippen LogP contribution is 2.10. The largest absolute Gasteiger partial charge is 0.339 e. The monoisotopic (exact) mass is 272 g/mol. The van der Waals surface area contributed by atoms with Crippen LogP contribution in [0.2, 0.25) is 0 Å². The molecule has 0 amide bonds. The van der Waals surface area contributed by atoms with Crippen LogP contribution in [0.25, 0.3) is 0 Å². The first-order chi connectivity index (χ1) is 9.52. The molecule has 0 atom stereocenters. The van der Waals surface area contributed by atoms with Crippen molar-refractivity contribution in [2.75, 3.05) is 0 Å². The first kappa shape index (κ1) is 14.4. The summed E-state index contributed by atoms with van der Waals surface area (Å²) in [6.45, 7) is 6.10. The predicted molar refractivity (Wildman–Crippen MR) is 76.4 cm³/mol. The molecule has 0 aliphatic carbocycles. The zero-order valence-corrected chi connectivity index (χ0v) is 12.2. The number of aromatic nitrogens is 2. The third kappa shape index (κ3) is 4.30. The number of carbonyl (C=O) groups is 1. The smallest absolute Gasteiger partial charge is 0.234 e. The molecule has 0 aliphatic heterocycles. The standard InChI is InChI=1S/C16H20N2O2/c1-11(2)7-14(19)10-16-17-15(18-20-16)9-13-6-4-5-12(3)8-13/h4-6,8,11H,7,9-10H2,1-3H3. The summed E-state index contributed by atoms with van der Waals surface area (Å²) >= 11 is 0. The molecule has 0 spiro atoms. The van der Waals surface area contributed by atoms with Crippen molar-refractivity contribution in [1.82, 2.24) is 10.1 Å². The summed E-state index contributed by atoms with van der Waals surface area (Å²) in [4.78, 5) is 16.0. The van der Waals surface area contributed by atoms with Crippen LogP contribution in [0.4, 0.5) is 0 Å². The van der Waals surface area contributed by atoms with Gasteiger partial charge in [-0.1, -0.05) is 48.8 Å². The van der Waals surface area contributed by atoms with E-state index in [9.17, 15) is 4.79 Å². The number of nitrogens with zero attached hydrogens (tertiary/aromatic N) is 2. The van der Waals surface area contributed by atoms with Gasteiger partial charge in [0, 0.05) is 12.8 Å². The Balaban J connectivity index is 1.97. The van der Waals surface area contributed by atoms with Gasteiger partial charge in [0.05, 0.1) is 6.42 Å². The van der Waals surface area contributed by atoms with Gasteiger partial charge in [-0.25, -0.2) is 0 Å². The topological polar surface area (TPSA) is 56.0 Å². The maximum absolute atomic E-state index is 11.7. The van der Waals surface area contributed by atoms with Crippen LogP contribution in [0.1, 0.15) is 43.1 Å². The summed E-state index contributed by atoms with van der Waals surface area (Å²) in [6, 6.07) is 8.19. The number of hydrogen-bond acceptors (Lipinski definition) is 4. The molecule has 2 aromatic rings. The van der Waals surface area contributed by atoms with Crippen LogP contribution in [-0.2, 0) is 17.6 Å². The number of rotatable bonds is 6.